The number of halogens is 2. The van der Waals surface area contributed by atoms with Gasteiger partial charge in [0.15, 0.2) is 0 Å². The van der Waals surface area contributed by atoms with E-state index in [0.29, 0.717) is 0 Å². The van der Waals surface area contributed by atoms with Crippen molar-refractivity contribution < 1.29 is 4.79 Å². The van der Waals surface area contributed by atoms with E-state index in [0.717, 1.165) is 13.1 Å². The SMILES string of the molecule is CC(C)[C@@H](N)C(=O)NCCN1CCCCC1.Cl.Cl. The molecule has 3 N–H and O–H groups in total. The standard InChI is InChI=1S/C12H25N3O.2ClH/c1-10(2)11(13)12(16)14-6-9-15-7-4-3-5-8-15;;/h10-11H,3-9,13H2,1-2H3,(H,14,16);2*1H/t11-;;/m1../s1. The maximum Gasteiger partial charge on any atom is 0.237 e. The highest BCUT2D eigenvalue weighted by atomic mass is 35.5. The summed E-state index contributed by atoms with van der Waals surface area (Å²) in [5.74, 6) is 0.182. The summed E-state index contributed by atoms with van der Waals surface area (Å²) >= 11 is 0. The van der Waals surface area contributed by atoms with E-state index in [1.807, 2.05) is 13.8 Å². The second kappa shape index (κ2) is 10.9. The third-order valence-corrected chi connectivity index (χ3v) is 3.20. The summed E-state index contributed by atoms with van der Waals surface area (Å²) in [6.45, 7) is 7.96. The van der Waals surface area contributed by atoms with Gasteiger partial charge in [0, 0.05) is 13.1 Å². The smallest absolute Gasteiger partial charge is 0.237 e. The highest BCUT2D eigenvalue weighted by Crippen LogP contribution is 2.07. The zero-order chi connectivity index (χ0) is 12.0. The average molecular weight is 300 g/mol. The van der Waals surface area contributed by atoms with E-state index < -0.39 is 0 Å². The molecule has 4 nitrogen and oxygen atoms in total. The summed E-state index contributed by atoms with van der Waals surface area (Å²) < 4.78 is 0. The molecule has 0 radical (unpaired) electrons. The van der Waals surface area contributed by atoms with E-state index in [9.17, 15) is 4.79 Å². The average Bonchev–Trinajstić information content (AvgIpc) is 2.29. The van der Waals surface area contributed by atoms with Crippen LogP contribution in [0.1, 0.15) is 33.1 Å². The molecule has 0 aromatic carbocycles. The summed E-state index contributed by atoms with van der Waals surface area (Å²) in [6, 6.07) is -0.374. The Bertz CT molecular complexity index is 221. The van der Waals surface area contributed by atoms with Gasteiger partial charge in [0.1, 0.15) is 0 Å². The van der Waals surface area contributed by atoms with E-state index in [2.05, 4.69) is 10.2 Å². The van der Waals surface area contributed by atoms with Gasteiger partial charge in [-0.3, -0.25) is 4.79 Å². The van der Waals surface area contributed by atoms with Crippen molar-refractivity contribution in [3.05, 3.63) is 0 Å². The minimum absolute atomic E-state index is 0. The van der Waals surface area contributed by atoms with Crippen LogP contribution >= 0.6 is 24.8 Å². The van der Waals surface area contributed by atoms with Gasteiger partial charge in [0.25, 0.3) is 0 Å². The molecule has 110 valence electrons. The van der Waals surface area contributed by atoms with E-state index in [1.165, 1.54) is 32.4 Å². The van der Waals surface area contributed by atoms with Crippen LogP contribution in [0.3, 0.4) is 0 Å². The lowest BCUT2D eigenvalue weighted by molar-refractivity contribution is -0.123. The van der Waals surface area contributed by atoms with Crippen molar-refractivity contribution in [3.8, 4) is 0 Å². The minimum atomic E-state index is -0.374. The van der Waals surface area contributed by atoms with Crippen molar-refractivity contribution in [1.82, 2.24) is 10.2 Å². The van der Waals surface area contributed by atoms with Gasteiger partial charge in [-0.05, 0) is 31.8 Å². The zero-order valence-electron chi connectivity index (χ0n) is 11.4. The normalized spacial score (nSPS) is 17.6. The van der Waals surface area contributed by atoms with Crippen molar-refractivity contribution >= 4 is 30.7 Å². The Morgan fingerprint density at radius 2 is 1.78 bits per heavy atom. The molecule has 1 aliphatic rings. The first-order valence-corrected chi connectivity index (χ1v) is 6.37. The van der Waals surface area contributed by atoms with Crippen LogP contribution in [0.2, 0.25) is 0 Å². The summed E-state index contributed by atoms with van der Waals surface area (Å²) in [5, 5.41) is 2.91. The third-order valence-electron chi connectivity index (χ3n) is 3.20. The maximum absolute atomic E-state index is 11.6. The highest BCUT2D eigenvalue weighted by Gasteiger charge is 2.17. The molecule has 1 rings (SSSR count). The van der Waals surface area contributed by atoms with Crippen LogP contribution in [0.4, 0.5) is 0 Å². The molecule has 6 heteroatoms. The maximum atomic E-state index is 11.6. The van der Waals surface area contributed by atoms with Gasteiger partial charge in [-0.1, -0.05) is 20.3 Å². The summed E-state index contributed by atoms with van der Waals surface area (Å²) in [4.78, 5) is 14.0. The number of likely N-dealkylation sites (tertiary alicyclic amines) is 1. The Morgan fingerprint density at radius 3 is 2.28 bits per heavy atom. The fraction of sp³-hybridized carbons (Fsp3) is 0.917. The second-order valence-corrected chi connectivity index (χ2v) is 4.96. The molecule has 1 aliphatic heterocycles. The predicted molar refractivity (Wildman–Crippen MR) is 80.6 cm³/mol. The monoisotopic (exact) mass is 299 g/mol. The van der Waals surface area contributed by atoms with Gasteiger partial charge in [0.05, 0.1) is 6.04 Å². The van der Waals surface area contributed by atoms with Gasteiger partial charge in [-0.15, -0.1) is 24.8 Å². The predicted octanol–water partition coefficient (Wildman–Crippen LogP) is 1.42. The molecule has 0 aliphatic carbocycles. The van der Waals surface area contributed by atoms with Gasteiger partial charge < -0.3 is 16.0 Å². The molecular formula is C12H27Cl2N3O. The Hall–Kier alpha value is -0.0300. The molecule has 1 atom stereocenters. The number of nitrogens with one attached hydrogen (secondary N) is 1. The van der Waals surface area contributed by atoms with Crippen LogP contribution in [0, 0.1) is 5.92 Å². The van der Waals surface area contributed by atoms with E-state index in [-0.39, 0.29) is 42.7 Å². The Labute approximate surface area is 123 Å². The molecule has 0 spiro atoms. The molecule has 0 aromatic heterocycles. The number of carbonyl (C=O) groups is 1. The molecule has 0 unspecified atom stereocenters. The van der Waals surface area contributed by atoms with Crippen LogP contribution < -0.4 is 11.1 Å². The first-order valence-electron chi connectivity index (χ1n) is 6.37. The first-order chi connectivity index (χ1) is 7.61. The van der Waals surface area contributed by atoms with Crippen LogP contribution in [0.25, 0.3) is 0 Å². The summed E-state index contributed by atoms with van der Waals surface area (Å²) in [6.07, 6.45) is 3.93. The van der Waals surface area contributed by atoms with Gasteiger partial charge >= 0.3 is 0 Å². The van der Waals surface area contributed by atoms with Crippen LogP contribution in [-0.2, 0) is 4.79 Å². The lowest BCUT2D eigenvalue weighted by Crippen LogP contribution is -2.46. The molecule has 1 amide bonds. The number of hydrogen-bond acceptors (Lipinski definition) is 3. The lowest BCUT2D eigenvalue weighted by Gasteiger charge is -2.26. The topological polar surface area (TPSA) is 58.4 Å². The highest BCUT2D eigenvalue weighted by molar-refractivity contribution is 5.85. The number of amides is 1. The van der Waals surface area contributed by atoms with Crippen molar-refractivity contribution in [3.63, 3.8) is 0 Å². The number of nitrogens with two attached hydrogens (primary N) is 1. The van der Waals surface area contributed by atoms with E-state index >= 15 is 0 Å². The van der Waals surface area contributed by atoms with Gasteiger partial charge in [0.2, 0.25) is 5.91 Å². The molecule has 0 saturated carbocycles. The van der Waals surface area contributed by atoms with Crippen molar-refractivity contribution in [2.24, 2.45) is 11.7 Å². The summed E-state index contributed by atoms with van der Waals surface area (Å²) in [7, 11) is 0. The third kappa shape index (κ3) is 7.41. The van der Waals surface area contributed by atoms with Crippen LogP contribution in [0.15, 0.2) is 0 Å². The molecule has 1 saturated heterocycles. The number of piperidine rings is 1. The van der Waals surface area contributed by atoms with Crippen LogP contribution in [0.5, 0.6) is 0 Å². The summed E-state index contributed by atoms with van der Waals surface area (Å²) in [5.41, 5.74) is 5.75. The number of hydrogen-bond donors (Lipinski definition) is 2. The molecule has 0 bridgehead atoms. The largest absolute Gasteiger partial charge is 0.353 e. The molecular weight excluding hydrogens is 273 g/mol. The quantitative estimate of drug-likeness (QED) is 0.807. The zero-order valence-corrected chi connectivity index (χ0v) is 13.0. The van der Waals surface area contributed by atoms with Crippen LogP contribution in [-0.4, -0.2) is 43.0 Å². The van der Waals surface area contributed by atoms with Gasteiger partial charge in [-0.25, -0.2) is 0 Å². The molecule has 0 aromatic rings. The van der Waals surface area contributed by atoms with Gasteiger partial charge in [-0.2, -0.15) is 0 Å². The van der Waals surface area contributed by atoms with Crippen molar-refractivity contribution in [1.29, 1.82) is 0 Å². The van der Waals surface area contributed by atoms with E-state index in [1.54, 1.807) is 0 Å². The van der Waals surface area contributed by atoms with Crippen molar-refractivity contribution in [2.45, 2.75) is 39.2 Å². The Balaban J connectivity index is 0. The van der Waals surface area contributed by atoms with Crippen molar-refractivity contribution in [2.75, 3.05) is 26.2 Å². The molecule has 1 heterocycles. The molecule has 1 fully saturated rings. The number of rotatable bonds is 5. The lowest BCUT2D eigenvalue weighted by atomic mass is 10.1. The fourth-order valence-electron chi connectivity index (χ4n) is 1.94. The Kier molecular flexibility index (Phi) is 12.2. The number of nitrogens with zero attached hydrogens (tertiary/aromatic N) is 1. The molecule has 18 heavy (non-hydrogen) atoms. The first kappa shape index (κ1) is 20.3. The second-order valence-electron chi connectivity index (χ2n) is 4.96. The number of carbonyl (C=O) groups excluding carboxylic acids is 1. The minimum Gasteiger partial charge on any atom is -0.353 e. The fourth-order valence-corrected chi connectivity index (χ4v) is 1.94. The Morgan fingerprint density at radius 1 is 1.22 bits per heavy atom. The van der Waals surface area contributed by atoms with E-state index in [4.69, 9.17) is 5.73 Å².